The molecule has 5 nitrogen and oxygen atoms in total. The van der Waals surface area contributed by atoms with E-state index in [1.165, 1.54) is 0 Å². The van der Waals surface area contributed by atoms with Gasteiger partial charge in [0.1, 0.15) is 5.75 Å². The lowest BCUT2D eigenvalue weighted by atomic mass is 10.2. The first-order valence-corrected chi connectivity index (χ1v) is 10.1. The van der Waals surface area contributed by atoms with Crippen LogP contribution < -0.4 is 10.1 Å². The van der Waals surface area contributed by atoms with Crippen LogP contribution in [0.3, 0.4) is 0 Å². The summed E-state index contributed by atoms with van der Waals surface area (Å²) in [6, 6.07) is 7.51. The largest absolute Gasteiger partial charge is 0.497 e. The zero-order chi connectivity index (χ0) is 16.9. The molecule has 0 spiro atoms. The molecule has 23 heavy (non-hydrogen) atoms. The second-order valence-corrected chi connectivity index (χ2v) is 8.38. The van der Waals surface area contributed by atoms with Crippen molar-refractivity contribution in [2.75, 3.05) is 30.5 Å². The van der Waals surface area contributed by atoms with Crippen LogP contribution in [0.1, 0.15) is 26.2 Å². The minimum Gasteiger partial charge on any atom is -0.497 e. The van der Waals surface area contributed by atoms with E-state index in [-0.39, 0.29) is 17.5 Å². The van der Waals surface area contributed by atoms with E-state index in [0.717, 1.165) is 30.8 Å². The van der Waals surface area contributed by atoms with Gasteiger partial charge in [-0.1, -0.05) is 19.4 Å². The van der Waals surface area contributed by atoms with Gasteiger partial charge in [-0.3, -0.25) is 0 Å². The SMILES string of the molecule is CCCCN(C(=S)Nc1cccc(OC)c1)[C@H]1CCS(=O)(=O)C1. The van der Waals surface area contributed by atoms with Crippen molar-refractivity contribution in [3.63, 3.8) is 0 Å². The van der Waals surface area contributed by atoms with Crippen LogP contribution in [-0.2, 0) is 9.84 Å². The summed E-state index contributed by atoms with van der Waals surface area (Å²) >= 11 is 5.54. The van der Waals surface area contributed by atoms with E-state index in [1.807, 2.05) is 29.2 Å². The highest BCUT2D eigenvalue weighted by atomic mass is 32.2. The van der Waals surface area contributed by atoms with Gasteiger partial charge in [-0.25, -0.2) is 8.42 Å². The van der Waals surface area contributed by atoms with Crippen molar-refractivity contribution in [2.24, 2.45) is 0 Å². The second-order valence-electron chi connectivity index (χ2n) is 5.77. The molecule has 1 N–H and O–H groups in total. The molecule has 0 amide bonds. The van der Waals surface area contributed by atoms with Crippen molar-refractivity contribution in [3.05, 3.63) is 24.3 Å². The average molecular weight is 357 g/mol. The number of thiocarbonyl (C=S) groups is 1. The molecule has 0 aromatic heterocycles. The molecule has 1 aromatic carbocycles. The van der Waals surface area contributed by atoms with Crippen LogP contribution in [0.2, 0.25) is 0 Å². The molecule has 1 fully saturated rings. The standard InChI is InChI=1S/C16H24N2O3S2/c1-3-4-9-18(14-8-10-23(19,20)12-14)16(22)17-13-6-5-7-15(11-13)21-2/h5-7,11,14H,3-4,8-10,12H2,1-2H3,(H,17,22)/t14-/m0/s1. The molecule has 0 radical (unpaired) electrons. The number of hydrogen-bond donors (Lipinski definition) is 1. The fraction of sp³-hybridized carbons (Fsp3) is 0.562. The first-order chi connectivity index (χ1) is 10.9. The molecule has 1 atom stereocenters. The van der Waals surface area contributed by atoms with Gasteiger partial charge < -0.3 is 15.0 Å². The maximum atomic E-state index is 11.8. The molecule has 1 heterocycles. The number of benzene rings is 1. The Morgan fingerprint density at radius 1 is 1.48 bits per heavy atom. The number of rotatable bonds is 6. The monoisotopic (exact) mass is 356 g/mol. The lowest BCUT2D eigenvalue weighted by molar-refractivity contribution is 0.333. The zero-order valence-corrected chi connectivity index (χ0v) is 15.3. The van der Waals surface area contributed by atoms with Crippen LogP contribution in [0, 0.1) is 0 Å². The Hall–Kier alpha value is -1.34. The Balaban J connectivity index is 2.09. The predicted molar refractivity (Wildman–Crippen MR) is 97.9 cm³/mol. The lowest BCUT2D eigenvalue weighted by Crippen LogP contribution is -2.44. The van der Waals surface area contributed by atoms with Crippen molar-refractivity contribution in [1.29, 1.82) is 0 Å². The summed E-state index contributed by atoms with van der Waals surface area (Å²) in [5.74, 6) is 1.19. The van der Waals surface area contributed by atoms with E-state index in [1.54, 1.807) is 7.11 Å². The van der Waals surface area contributed by atoms with Gasteiger partial charge in [0.15, 0.2) is 14.9 Å². The lowest BCUT2D eigenvalue weighted by Gasteiger charge is -2.31. The van der Waals surface area contributed by atoms with Crippen molar-refractivity contribution in [1.82, 2.24) is 4.90 Å². The van der Waals surface area contributed by atoms with Crippen molar-refractivity contribution in [2.45, 2.75) is 32.2 Å². The van der Waals surface area contributed by atoms with Gasteiger partial charge in [-0.05, 0) is 37.2 Å². The Labute approximate surface area is 143 Å². The van der Waals surface area contributed by atoms with Gasteiger partial charge in [0.25, 0.3) is 0 Å². The number of unbranched alkanes of at least 4 members (excludes halogenated alkanes) is 1. The smallest absolute Gasteiger partial charge is 0.173 e. The Morgan fingerprint density at radius 2 is 2.26 bits per heavy atom. The summed E-state index contributed by atoms with van der Waals surface area (Å²) in [7, 11) is -1.31. The van der Waals surface area contributed by atoms with E-state index in [9.17, 15) is 8.42 Å². The molecule has 128 valence electrons. The van der Waals surface area contributed by atoms with Gasteiger partial charge in [0, 0.05) is 24.3 Å². The summed E-state index contributed by atoms with van der Waals surface area (Å²) in [6.07, 6.45) is 2.67. The molecule has 0 bridgehead atoms. The van der Waals surface area contributed by atoms with E-state index >= 15 is 0 Å². The summed E-state index contributed by atoms with van der Waals surface area (Å²) < 4.78 is 28.8. The molecule has 0 saturated carbocycles. The van der Waals surface area contributed by atoms with E-state index < -0.39 is 9.84 Å². The Morgan fingerprint density at radius 3 is 2.87 bits per heavy atom. The Kier molecular flexibility index (Phi) is 6.24. The maximum Gasteiger partial charge on any atom is 0.173 e. The summed E-state index contributed by atoms with van der Waals surface area (Å²) in [6.45, 7) is 2.88. The number of methoxy groups -OCH3 is 1. The fourth-order valence-electron chi connectivity index (χ4n) is 2.70. The molecule has 2 rings (SSSR count). The number of nitrogens with zero attached hydrogens (tertiary/aromatic N) is 1. The van der Waals surface area contributed by atoms with Crippen LogP contribution in [0.25, 0.3) is 0 Å². The van der Waals surface area contributed by atoms with Crippen molar-refractivity contribution in [3.8, 4) is 5.75 Å². The summed E-state index contributed by atoms with van der Waals surface area (Å²) in [5, 5.41) is 3.79. The molecular formula is C16H24N2O3S2. The maximum absolute atomic E-state index is 11.8. The van der Waals surface area contributed by atoms with Crippen molar-refractivity contribution >= 4 is 32.9 Å². The third-order valence-corrected chi connectivity index (χ3v) is 6.07. The first-order valence-electron chi connectivity index (χ1n) is 7.87. The highest BCUT2D eigenvalue weighted by molar-refractivity contribution is 7.91. The van der Waals surface area contributed by atoms with E-state index in [0.29, 0.717) is 11.5 Å². The number of nitrogens with one attached hydrogen (secondary N) is 1. The molecule has 7 heteroatoms. The molecule has 1 aliphatic heterocycles. The zero-order valence-electron chi connectivity index (χ0n) is 13.6. The number of anilines is 1. The van der Waals surface area contributed by atoms with E-state index in [4.69, 9.17) is 17.0 Å². The minimum absolute atomic E-state index is 0.0304. The molecule has 0 unspecified atom stereocenters. The molecule has 1 aliphatic rings. The highest BCUT2D eigenvalue weighted by Crippen LogP contribution is 2.21. The van der Waals surface area contributed by atoms with Crippen LogP contribution in [0.4, 0.5) is 5.69 Å². The summed E-state index contributed by atoms with van der Waals surface area (Å²) in [4.78, 5) is 2.03. The van der Waals surface area contributed by atoms with Gasteiger partial charge in [-0.2, -0.15) is 0 Å². The molecule has 0 aliphatic carbocycles. The Bertz CT molecular complexity index is 646. The first kappa shape index (κ1) is 18.0. The average Bonchev–Trinajstić information content (AvgIpc) is 2.87. The normalized spacial score (nSPS) is 19.3. The van der Waals surface area contributed by atoms with Crippen LogP contribution in [-0.4, -0.2) is 49.6 Å². The van der Waals surface area contributed by atoms with Crippen LogP contribution in [0.5, 0.6) is 5.75 Å². The highest BCUT2D eigenvalue weighted by Gasteiger charge is 2.33. The molecule has 1 aromatic rings. The van der Waals surface area contributed by atoms with Gasteiger partial charge in [0.2, 0.25) is 0 Å². The third kappa shape index (κ3) is 5.07. The second kappa shape index (κ2) is 7.97. The molecular weight excluding hydrogens is 332 g/mol. The summed E-state index contributed by atoms with van der Waals surface area (Å²) in [5.41, 5.74) is 0.844. The topological polar surface area (TPSA) is 58.6 Å². The predicted octanol–water partition coefficient (Wildman–Crippen LogP) is 2.68. The number of hydrogen-bond acceptors (Lipinski definition) is 4. The number of ether oxygens (including phenoxy) is 1. The fourth-order valence-corrected chi connectivity index (χ4v) is 4.78. The molecule has 1 saturated heterocycles. The van der Waals surface area contributed by atoms with Crippen molar-refractivity contribution < 1.29 is 13.2 Å². The number of sulfone groups is 1. The third-order valence-electron chi connectivity index (χ3n) is 3.98. The van der Waals surface area contributed by atoms with Gasteiger partial charge >= 0.3 is 0 Å². The van der Waals surface area contributed by atoms with Gasteiger partial charge in [-0.15, -0.1) is 0 Å². The minimum atomic E-state index is -2.93. The van der Waals surface area contributed by atoms with Gasteiger partial charge in [0.05, 0.1) is 18.6 Å². The van der Waals surface area contributed by atoms with E-state index in [2.05, 4.69) is 12.2 Å². The van der Waals surface area contributed by atoms with Crippen LogP contribution >= 0.6 is 12.2 Å². The quantitative estimate of drug-likeness (QED) is 0.791. The van der Waals surface area contributed by atoms with Crippen LogP contribution in [0.15, 0.2) is 24.3 Å².